The number of anilines is 1. The first-order chi connectivity index (χ1) is 19.3. The van der Waals surface area contributed by atoms with E-state index in [1.54, 1.807) is 32.4 Å². The largest absolute Gasteiger partial charge is 0.386 e. The van der Waals surface area contributed by atoms with Gasteiger partial charge < -0.3 is 20.7 Å². The van der Waals surface area contributed by atoms with Crippen LogP contribution in [0.5, 0.6) is 0 Å². The Kier molecular flexibility index (Phi) is 7.75. The monoisotopic (exact) mass is 536 g/mol. The van der Waals surface area contributed by atoms with Gasteiger partial charge in [0.2, 0.25) is 5.91 Å². The van der Waals surface area contributed by atoms with E-state index in [1.807, 2.05) is 66.7 Å². The van der Waals surface area contributed by atoms with Gasteiger partial charge in [0.05, 0.1) is 24.0 Å². The van der Waals surface area contributed by atoms with Crippen molar-refractivity contribution in [3.63, 3.8) is 0 Å². The molecule has 0 bridgehead atoms. The van der Waals surface area contributed by atoms with Crippen LogP contribution in [0.2, 0.25) is 0 Å². The zero-order valence-electron chi connectivity index (χ0n) is 22.5. The molecule has 0 unspecified atom stereocenters. The van der Waals surface area contributed by atoms with Gasteiger partial charge in [-0.1, -0.05) is 48.5 Å². The maximum Gasteiger partial charge on any atom is 0.294 e. The fraction of sp³-hybridized carbons (Fsp3) is 0.226. The van der Waals surface area contributed by atoms with Crippen molar-refractivity contribution in [1.29, 1.82) is 0 Å². The van der Waals surface area contributed by atoms with Crippen LogP contribution < -0.4 is 16.2 Å². The summed E-state index contributed by atoms with van der Waals surface area (Å²) in [6.45, 7) is 3.99. The predicted octanol–water partition coefficient (Wildman–Crippen LogP) is 3.99. The zero-order chi connectivity index (χ0) is 28.1. The highest BCUT2D eigenvalue weighted by Crippen LogP contribution is 2.26. The number of nitrogens with one attached hydrogen (secondary N) is 3. The Morgan fingerprint density at radius 1 is 1.05 bits per heavy atom. The van der Waals surface area contributed by atoms with Gasteiger partial charge in [-0.15, -0.1) is 0 Å². The molecule has 9 nitrogen and oxygen atoms in total. The molecule has 2 aromatic carbocycles. The van der Waals surface area contributed by atoms with Crippen molar-refractivity contribution >= 4 is 22.6 Å². The summed E-state index contributed by atoms with van der Waals surface area (Å²) >= 11 is 0. The minimum atomic E-state index is -1.07. The van der Waals surface area contributed by atoms with Gasteiger partial charge in [0.25, 0.3) is 5.56 Å². The second-order valence-electron chi connectivity index (χ2n) is 10.2. The van der Waals surface area contributed by atoms with Crippen LogP contribution in [0.15, 0.2) is 90.1 Å². The van der Waals surface area contributed by atoms with E-state index in [-0.39, 0.29) is 24.8 Å². The third-order valence-electron chi connectivity index (χ3n) is 6.72. The number of aliphatic hydroxyl groups is 1. The Morgan fingerprint density at radius 2 is 1.88 bits per heavy atom. The highest BCUT2D eigenvalue weighted by atomic mass is 16.3. The molecule has 0 radical (unpaired) electrons. The molecule has 3 aromatic heterocycles. The molecule has 3 heterocycles. The van der Waals surface area contributed by atoms with Crippen LogP contribution in [-0.2, 0) is 29.9 Å². The highest BCUT2D eigenvalue weighted by Gasteiger charge is 2.19. The van der Waals surface area contributed by atoms with Crippen LogP contribution in [0.4, 0.5) is 5.82 Å². The van der Waals surface area contributed by atoms with Gasteiger partial charge in [0.1, 0.15) is 6.54 Å². The lowest BCUT2D eigenvalue weighted by Crippen LogP contribution is -2.34. The van der Waals surface area contributed by atoms with Gasteiger partial charge in [0.15, 0.2) is 5.82 Å². The number of rotatable bonds is 10. The molecule has 1 amide bonds. The van der Waals surface area contributed by atoms with Crippen LogP contribution in [0.1, 0.15) is 30.7 Å². The summed E-state index contributed by atoms with van der Waals surface area (Å²) in [5, 5.41) is 17.5. The minimum Gasteiger partial charge on any atom is -0.386 e. The van der Waals surface area contributed by atoms with E-state index < -0.39 is 11.2 Å². The number of H-pyrrole nitrogens is 1. The molecular weight excluding hydrogens is 504 g/mol. The van der Waals surface area contributed by atoms with Crippen molar-refractivity contribution in [2.24, 2.45) is 0 Å². The third-order valence-corrected chi connectivity index (χ3v) is 6.72. The van der Waals surface area contributed by atoms with E-state index in [9.17, 15) is 14.7 Å². The van der Waals surface area contributed by atoms with Crippen molar-refractivity contribution in [3.8, 4) is 11.3 Å². The van der Waals surface area contributed by atoms with Crippen molar-refractivity contribution < 1.29 is 9.90 Å². The Balaban J connectivity index is 1.40. The second-order valence-corrected chi connectivity index (χ2v) is 10.2. The number of hydrogen-bond acceptors (Lipinski definition) is 6. The molecule has 9 heteroatoms. The number of aromatic amines is 1. The molecular formula is C31H32N6O3. The Morgan fingerprint density at radius 3 is 2.65 bits per heavy atom. The molecule has 0 spiro atoms. The fourth-order valence-electron chi connectivity index (χ4n) is 4.55. The summed E-state index contributed by atoms with van der Waals surface area (Å²) in [6, 6.07) is 21.1. The number of amides is 1. The van der Waals surface area contributed by atoms with E-state index in [1.165, 1.54) is 4.57 Å². The lowest BCUT2D eigenvalue weighted by molar-refractivity contribution is -0.121. The number of benzene rings is 2. The second kappa shape index (κ2) is 11.5. The molecule has 0 atom stereocenters. The van der Waals surface area contributed by atoms with E-state index in [0.717, 1.165) is 28.6 Å². The zero-order valence-corrected chi connectivity index (χ0v) is 22.5. The highest BCUT2D eigenvalue weighted by molar-refractivity contribution is 5.80. The summed E-state index contributed by atoms with van der Waals surface area (Å²) in [7, 11) is 0. The first-order valence-electron chi connectivity index (χ1n) is 13.2. The maximum atomic E-state index is 13.6. The molecule has 0 saturated carbocycles. The Hall–Kier alpha value is -4.76. The van der Waals surface area contributed by atoms with E-state index in [4.69, 9.17) is 0 Å². The van der Waals surface area contributed by atoms with Gasteiger partial charge >= 0.3 is 0 Å². The van der Waals surface area contributed by atoms with Gasteiger partial charge in [-0.3, -0.25) is 19.1 Å². The number of pyridine rings is 1. The van der Waals surface area contributed by atoms with Gasteiger partial charge in [-0.2, -0.15) is 0 Å². The first kappa shape index (κ1) is 26.8. The third kappa shape index (κ3) is 6.27. The van der Waals surface area contributed by atoms with Crippen LogP contribution in [0.25, 0.3) is 22.2 Å². The molecule has 0 saturated heterocycles. The summed E-state index contributed by atoms with van der Waals surface area (Å²) in [6.07, 6.45) is 5.77. The number of carbonyl (C=O) groups excluding carboxylic acids is 1. The lowest BCUT2D eigenvalue weighted by Gasteiger charge is -2.20. The first-order valence-corrected chi connectivity index (χ1v) is 13.2. The van der Waals surface area contributed by atoms with Crippen LogP contribution in [0.3, 0.4) is 0 Å². The average molecular weight is 537 g/mol. The molecule has 5 rings (SSSR count). The van der Waals surface area contributed by atoms with E-state index >= 15 is 0 Å². The summed E-state index contributed by atoms with van der Waals surface area (Å²) in [5.41, 5.74) is 3.29. The molecule has 0 aliphatic heterocycles. The standard InChI is InChI=1S/C31H32N6O3/c1-31(2,40)24-10-6-9-22(15-24)27-19-35-29(33-14-11-21-7-4-3-5-8-21)30(39)37(27)20-28(38)34-18-25-16-23-17-32-13-12-26(23)36-25/h3-10,12-13,15-17,19,36,40H,11,14,18,20H2,1-2H3,(H,33,35)(H,34,38). The van der Waals surface area contributed by atoms with Gasteiger partial charge in [-0.25, -0.2) is 4.98 Å². The minimum absolute atomic E-state index is 0.175. The maximum absolute atomic E-state index is 13.6. The summed E-state index contributed by atoms with van der Waals surface area (Å²) in [5.74, 6) is -0.144. The molecule has 5 aromatic rings. The number of carbonyl (C=O) groups is 1. The molecule has 0 aliphatic carbocycles. The van der Waals surface area contributed by atoms with E-state index in [2.05, 4.69) is 25.6 Å². The molecule has 4 N–H and O–H groups in total. The van der Waals surface area contributed by atoms with Crippen molar-refractivity contribution in [2.45, 2.75) is 39.0 Å². The normalized spacial score (nSPS) is 11.5. The van der Waals surface area contributed by atoms with Gasteiger partial charge in [0, 0.05) is 41.1 Å². The molecule has 40 heavy (non-hydrogen) atoms. The number of aromatic nitrogens is 4. The van der Waals surface area contributed by atoms with Gasteiger partial charge in [-0.05, 0) is 49.6 Å². The quantitative estimate of drug-likeness (QED) is 0.214. The summed E-state index contributed by atoms with van der Waals surface area (Å²) < 4.78 is 1.42. The summed E-state index contributed by atoms with van der Waals surface area (Å²) in [4.78, 5) is 38.5. The van der Waals surface area contributed by atoms with Crippen LogP contribution in [-0.4, -0.2) is 37.1 Å². The number of fused-ring (bicyclic) bond motifs is 1. The van der Waals surface area contributed by atoms with E-state index in [0.29, 0.717) is 23.4 Å². The van der Waals surface area contributed by atoms with Crippen molar-refractivity contribution in [2.75, 3.05) is 11.9 Å². The Labute approximate surface area is 231 Å². The predicted molar refractivity (Wildman–Crippen MR) is 156 cm³/mol. The average Bonchev–Trinajstić information content (AvgIpc) is 3.37. The topological polar surface area (TPSA) is 125 Å². The smallest absolute Gasteiger partial charge is 0.294 e. The number of nitrogens with zero attached hydrogens (tertiary/aromatic N) is 3. The lowest BCUT2D eigenvalue weighted by atomic mass is 9.96. The van der Waals surface area contributed by atoms with Crippen LogP contribution in [0, 0.1) is 0 Å². The Bertz CT molecular complexity index is 1650. The molecule has 0 fully saturated rings. The van der Waals surface area contributed by atoms with Crippen LogP contribution >= 0.6 is 0 Å². The van der Waals surface area contributed by atoms with Crippen molar-refractivity contribution in [1.82, 2.24) is 24.8 Å². The fourth-order valence-corrected chi connectivity index (χ4v) is 4.55. The SMILES string of the molecule is CC(C)(O)c1cccc(-c2cnc(NCCc3ccccc3)c(=O)n2CC(=O)NCc2cc3cnccc3[nH]2)c1. The van der Waals surface area contributed by atoms with Crippen molar-refractivity contribution in [3.05, 3.63) is 112 Å². The molecule has 0 aliphatic rings. The molecule has 204 valence electrons. The number of hydrogen-bond donors (Lipinski definition) is 4.